The van der Waals surface area contributed by atoms with Gasteiger partial charge in [0.15, 0.2) is 11.6 Å². The zero-order valence-corrected chi connectivity index (χ0v) is 13.5. The van der Waals surface area contributed by atoms with Gasteiger partial charge in [-0.05, 0) is 36.0 Å². The maximum absolute atomic E-state index is 11.8. The summed E-state index contributed by atoms with van der Waals surface area (Å²) in [6, 6.07) is 8.02. The van der Waals surface area contributed by atoms with Crippen LogP contribution in [0.5, 0.6) is 5.75 Å². The van der Waals surface area contributed by atoms with Gasteiger partial charge in [-0.1, -0.05) is 32.9 Å². The van der Waals surface area contributed by atoms with E-state index in [1.165, 1.54) is 23.3 Å². The number of thiazole rings is 1. The molecule has 0 aliphatic carbocycles. The molecule has 0 saturated heterocycles. The minimum Gasteiger partial charge on any atom is -0.485 e. The van der Waals surface area contributed by atoms with E-state index in [-0.39, 0.29) is 12.4 Å². The first-order valence-corrected chi connectivity index (χ1v) is 8.09. The molecule has 0 spiro atoms. The summed E-state index contributed by atoms with van der Waals surface area (Å²) < 4.78 is 5.52. The van der Waals surface area contributed by atoms with Gasteiger partial charge >= 0.3 is 0 Å². The van der Waals surface area contributed by atoms with Gasteiger partial charge in [0, 0.05) is 11.6 Å². The summed E-state index contributed by atoms with van der Waals surface area (Å²) in [4.78, 5) is 15.8. The van der Waals surface area contributed by atoms with E-state index >= 15 is 0 Å². The normalized spacial score (nSPS) is 12.4. The number of hydrogen-bond donors (Lipinski definition) is 0. The predicted octanol–water partition coefficient (Wildman–Crippen LogP) is 4.55. The third kappa shape index (κ3) is 4.67. The number of ketones is 1. The number of benzene rings is 1. The van der Waals surface area contributed by atoms with Gasteiger partial charge in [0.25, 0.3) is 0 Å². The molecule has 0 amide bonds. The lowest BCUT2D eigenvalue weighted by Crippen LogP contribution is -2.11. The van der Waals surface area contributed by atoms with Crippen molar-refractivity contribution in [3.8, 4) is 5.75 Å². The molecular weight excluding hydrogens is 282 g/mol. The molecule has 1 heterocycles. The predicted molar refractivity (Wildman–Crippen MR) is 86.3 cm³/mol. The van der Waals surface area contributed by atoms with Gasteiger partial charge in [0.05, 0.1) is 0 Å². The molecule has 1 atom stereocenters. The lowest BCUT2D eigenvalue weighted by atomic mass is 9.92. The Labute approximate surface area is 130 Å². The van der Waals surface area contributed by atoms with E-state index in [1.54, 1.807) is 11.6 Å². The van der Waals surface area contributed by atoms with Gasteiger partial charge in [0.1, 0.15) is 5.75 Å². The first-order chi connectivity index (χ1) is 10.1. The van der Waals surface area contributed by atoms with Crippen LogP contribution < -0.4 is 4.74 Å². The largest absolute Gasteiger partial charge is 0.485 e. The third-order valence-corrected chi connectivity index (χ3v) is 4.13. The molecule has 0 radical (unpaired) electrons. The van der Waals surface area contributed by atoms with Crippen molar-refractivity contribution < 1.29 is 9.53 Å². The van der Waals surface area contributed by atoms with Crippen LogP contribution in [0.1, 0.15) is 48.5 Å². The van der Waals surface area contributed by atoms with Gasteiger partial charge in [-0.2, -0.15) is 0 Å². The number of aromatic nitrogens is 1. The highest BCUT2D eigenvalue weighted by atomic mass is 32.1. The molecule has 0 bridgehead atoms. The number of carbonyl (C=O) groups is 1. The van der Waals surface area contributed by atoms with E-state index in [2.05, 4.69) is 37.9 Å². The molecule has 21 heavy (non-hydrogen) atoms. The first kappa shape index (κ1) is 15.7. The van der Waals surface area contributed by atoms with Gasteiger partial charge in [-0.15, -0.1) is 11.3 Å². The number of ether oxygens (including phenoxy) is 1. The van der Waals surface area contributed by atoms with Crippen LogP contribution in [0.4, 0.5) is 0 Å². The average Bonchev–Trinajstić information content (AvgIpc) is 2.99. The number of Topliss-reactive ketones (excluding diaryl/α,β-unsaturated/α-hetero) is 1. The van der Waals surface area contributed by atoms with Crippen LogP contribution in [-0.4, -0.2) is 17.4 Å². The fraction of sp³-hybridized carbons (Fsp3) is 0.412. The van der Waals surface area contributed by atoms with Crippen molar-refractivity contribution in [3.63, 3.8) is 0 Å². The Kier molecular flexibility index (Phi) is 5.51. The lowest BCUT2D eigenvalue weighted by Gasteiger charge is -2.14. The van der Waals surface area contributed by atoms with E-state index in [4.69, 9.17) is 4.74 Å². The minimum absolute atomic E-state index is 0.0361. The number of carbonyl (C=O) groups excluding carboxylic acids is 1. The summed E-state index contributed by atoms with van der Waals surface area (Å²) in [7, 11) is 0. The van der Waals surface area contributed by atoms with Crippen LogP contribution in [0.3, 0.4) is 0 Å². The van der Waals surface area contributed by atoms with E-state index < -0.39 is 0 Å². The molecule has 0 saturated carbocycles. The smallest absolute Gasteiger partial charge is 0.228 e. The molecule has 2 rings (SSSR count). The van der Waals surface area contributed by atoms with Crippen LogP contribution in [0.25, 0.3) is 0 Å². The number of nitrogens with zero attached hydrogens (tertiary/aromatic N) is 1. The van der Waals surface area contributed by atoms with E-state index in [1.807, 2.05) is 12.1 Å². The molecule has 0 aliphatic rings. The Hall–Kier alpha value is -1.68. The second kappa shape index (κ2) is 7.36. The van der Waals surface area contributed by atoms with Crippen LogP contribution in [0.2, 0.25) is 0 Å². The van der Waals surface area contributed by atoms with E-state index in [9.17, 15) is 4.79 Å². The van der Waals surface area contributed by atoms with Crippen molar-refractivity contribution in [2.24, 2.45) is 5.92 Å². The summed E-state index contributed by atoms with van der Waals surface area (Å²) in [5, 5.41) is 2.29. The molecule has 1 aromatic carbocycles. The molecule has 112 valence electrons. The molecular formula is C17H21NO2S. The Morgan fingerprint density at radius 3 is 2.52 bits per heavy atom. The summed E-state index contributed by atoms with van der Waals surface area (Å²) in [5.41, 5.74) is 1.31. The van der Waals surface area contributed by atoms with E-state index in [0.717, 1.165) is 5.75 Å². The standard InChI is InChI=1S/C17H21NO2S/c1-12(2)10-13(3)14-4-6-15(7-5-14)20-11-16(19)17-18-8-9-21-17/h4-9,12-13H,10-11H2,1-3H3. The summed E-state index contributed by atoms with van der Waals surface area (Å²) in [5.74, 6) is 1.87. The second-order valence-corrected chi connectivity index (χ2v) is 6.54. The van der Waals surface area contributed by atoms with Crippen molar-refractivity contribution in [1.82, 2.24) is 4.98 Å². The Bertz CT molecular complexity index is 561. The Morgan fingerprint density at radius 1 is 1.24 bits per heavy atom. The summed E-state index contributed by atoms with van der Waals surface area (Å²) >= 11 is 1.34. The van der Waals surface area contributed by atoms with Crippen molar-refractivity contribution in [1.29, 1.82) is 0 Å². The second-order valence-electron chi connectivity index (χ2n) is 5.65. The highest BCUT2D eigenvalue weighted by Gasteiger charge is 2.10. The lowest BCUT2D eigenvalue weighted by molar-refractivity contribution is 0.0921. The minimum atomic E-state index is -0.0812. The molecule has 0 aliphatic heterocycles. The molecule has 0 fully saturated rings. The van der Waals surface area contributed by atoms with Crippen molar-refractivity contribution >= 4 is 17.1 Å². The van der Waals surface area contributed by atoms with E-state index in [0.29, 0.717) is 16.8 Å². The zero-order chi connectivity index (χ0) is 15.2. The van der Waals surface area contributed by atoms with Crippen molar-refractivity contribution in [2.45, 2.75) is 33.1 Å². The van der Waals surface area contributed by atoms with Crippen molar-refractivity contribution in [3.05, 3.63) is 46.4 Å². The molecule has 1 unspecified atom stereocenters. The van der Waals surface area contributed by atoms with Crippen LogP contribution >= 0.6 is 11.3 Å². The summed E-state index contributed by atoms with van der Waals surface area (Å²) in [6.45, 7) is 6.74. The Balaban J connectivity index is 1.89. The van der Waals surface area contributed by atoms with Crippen LogP contribution in [-0.2, 0) is 0 Å². The monoisotopic (exact) mass is 303 g/mol. The van der Waals surface area contributed by atoms with Gasteiger partial charge in [0.2, 0.25) is 5.78 Å². The molecule has 4 heteroatoms. The number of hydrogen-bond acceptors (Lipinski definition) is 4. The van der Waals surface area contributed by atoms with Gasteiger partial charge in [-0.25, -0.2) is 4.98 Å². The number of rotatable bonds is 7. The van der Waals surface area contributed by atoms with Gasteiger partial charge < -0.3 is 4.74 Å². The maximum atomic E-state index is 11.8. The molecule has 3 nitrogen and oxygen atoms in total. The quantitative estimate of drug-likeness (QED) is 0.704. The highest BCUT2D eigenvalue weighted by molar-refractivity contribution is 7.11. The maximum Gasteiger partial charge on any atom is 0.228 e. The average molecular weight is 303 g/mol. The first-order valence-electron chi connectivity index (χ1n) is 7.21. The highest BCUT2D eigenvalue weighted by Crippen LogP contribution is 2.25. The third-order valence-electron chi connectivity index (χ3n) is 3.31. The SMILES string of the molecule is CC(C)CC(C)c1ccc(OCC(=O)c2nccs2)cc1. The van der Waals surface area contributed by atoms with Crippen LogP contribution in [0.15, 0.2) is 35.8 Å². The molecule has 2 aromatic rings. The van der Waals surface area contributed by atoms with Gasteiger partial charge in [-0.3, -0.25) is 4.79 Å². The Morgan fingerprint density at radius 2 is 1.95 bits per heavy atom. The molecule has 0 N–H and O–H groups in total. The fourth-order valence-corrected chi connectivity index (χ4v) is 2.87. The zero-order valence-electron chi connectivity index (χ0n) is 12.7. The topological polar surface area (TPSA) is 39.2 Å². The van der Waals surface area contributed by atoms with Crippen LogP contribution in [0, 0.1) is 5.92 Å². The molecule has 1 aromatic heterocycles. The summed E-state index contributed by atoms with van der Waals surface area (Å²) in [6.07, 6.45) is 2.80. The van der Waals surface area contributed by atoms with Crippen molar-refractivity contribution in [2.75, 3.05) is 6.61 Å². The fourth-order valence-electron chi connectivity index (χ4n) is 2.31.